The SMILES string of the molecule is Cc1cc(C)c(C#N)c(OCCc2ccccc2N)n1. The van der Waals surface area contributed by atoms with Gasteiger partial charge in [0.15, 0.2) is 0 Å². The lowest BCUT2D eigenvalue weighted by atomic mass is 10.1. The average molecular weight is 267 g/mol. The Hall–Kier alpha value is -2.54. The van der Waals surface area contributed by atoms with E-state index >= 15 is 0 Å². The maximum atomic E-state index is 9.16. The molecule has 0 aliphatic heterocycles. The summed E-state index contributed by atoms with van der Waals surface area (Å²) in [6, 6.07) is 11.7. The van der Waals surface area contributed by atoms with Gasteiger partial charge in [0.2, 0.25) is 5.88 Å². The van der Waals surface area contributed by atoms with Gasteiger partial charge in [0.1, 0.15) is 11.6 Å². The number of ether oxygens (including phenoxy) is 1. The molecule has 1 aromatic carbocycles. The molecule has 0 atom stereocenters. The van der Waals surface area contributed by atoms with E-state index in [1.165, 1.54) is 0 Å². The summed E-state index contributed by atoms with van der Waals surface area (Å²) in [7, 11) is 0. The molecule has 4 nitrogen and oxygen atoms in total. The summed E-state index contributed by atoms with van der Waals surface area (Å²) in [6.45, 7) is 4.21. The minimum absolute atomic E-state index is 0.402. The third-order valence-corrected chi connectivity index (χ3v) is 3.09. The smallest absolute Gasteiger partial charge is 0.232 e. The molecule has 0 amide bonds. The van der Waals surface area contributed by atoms with Crippen molar-refractivity contribution in [1.29, 1.82) is 5.26 Å². The first kappa shape index (κ1) is 13.9. The van der Waals surface area contributed by atoms with Crippen LogP contribution >= 0.6 is 0 Å². The standard InChI is InChI=1S/C16H17N3O/c1-11-9-12(2)19-16(14(11)10-17)20-8-7-13-5-3-4-6-15(13)18/h3-6,9H,7-8,18H2,1-2H3. The number of benzene rings is 1. The van der Waals surface area contributed by atoms with E-state index in [2.05, 4.69) is 11.1 Å². The largest absolute Gasteiger partial charge is 0.476 e. The second kappa shape index (κ2) is 6.07. The average Bonchev–Trinajstić information content (AvgIpc) is 2.40. The molecule has 2 aromatic rings. The van der Waals surface area contributed by atoms with Crippen LogP contribution < -0.4 is 10.5 Å². The molecule has 0 unspecified atom stereocenters. The zero-order chi connectivity index (χ0) is 14.5. The third-order valence-electron chi connectivity index (χ3n) is 3.09. The highest BCUT2D eigenvalue weighted by Gasteiger charge is 2.10. The normalized spacial score (nSPS) is 10.1. The van der Waals surface area contributed by atoms with Crippen molar-refractivity contribution in [1.82, 2.24) is 4.98 Å². The molecule has 2 N–H and O–H groups in total. The van der Waals surface area contributed by atoms with E-state index in [-0.39, 0.29) is 0 Å². The van der Waals surface area contributed by atoms with Crippen LogP contribution in [-0.2, 0) is 6.42 Å². The van der Waals surface area contributed by atoms with Crippen LogP contribution in [0.15, 0.2) is 30.3 Å². The lowest BCUT2D eigenvalue weighted by Gasteiger charge is -2.10. The van der Waals surface area contributed by atoms with Gasteiger partial charge in [-0.1, -0.05) is 18.2 Å². The summed E-state index contributed by atoms with van der Waals surface area (Å²) in [5.74, 6) is 0.402. The zero-order valence-electron chi connectivity index (χ0n) is 11.7. The number of aryl methyl sites for hydroxylation is 2. The molecule has 0 bridgehead atoms. The fraction of sp³-hybridized carbons (Fsp3) is 0.250. The van der Waals surface area contributed by atoms with Gasteiger partial charge in [-0.05, 0) is 37.1 Å². The molecule has 1 heterocycles. The van der Waals surface area contributed by atoms with E-state index in [9.17, 15) is 0 Å². The predicted molar refractivity (Wildman–Crippen MR) is 78.5 cm³/mol. The summed E-state index contributed by atoms with van der Waals surface area (Å²) in [5, 5.41) is 9.16. The van der Waals surface area contributed by atoms with E-state index in [0.717, 1.165) is 22.5 Å². The van der Waals surface area contributed by atoms with E-state index in [1.54, 1.807) is 0 Å². The quantitative estimate of drug-likeness (QED) is 0.864. The molecule has 0 saturated carbocycles. The number of nitrogen functional groups attached to an aromatic ring is 1. The van der Waals surface area contributed by atoms with E-state index in [1.807, 2.05) is 44.2 Å². The number of aromatic nitrogens is 1. The fourth-order valence-corrected chi connectivity index (χ4v) is 2.06. The Morgan fingerprint density at radius 1 is 1.30 bits per heavy atom. The van der Waals surface area contributed by atoms with Crippen LogP contribution in [0.5, 0.6) is 5.88 Å². The van der Waals surface area contributed by atoms with Crippen LogP contribution in [0, 0.1) is 25.2 Å². The van der Waals surface area contributed by atoms with Crippen molar-refractivity contribution in [2.24, 2.45) is 0 Å². The third kappa shape index (κ3) is 3.07. The Morgan fingerprint density at radius 2 is 2.05 bits per heavy atom. The maximum absolute atomic E-state index is 9.16. The van der Waals surface area contributed by atoms with Crippen LogP contribution in [0.2, 0.25) is 0 Å². The van der Waals surface area contributed by atoms with Crippen molar-refractivity contribution in [3.8, 4) is 11.9 Å². The summed E-state index contributed by atoms with van der Waals surface area (Å²) in [5.41, 5.74) is 9.90. The zero-order valence-corrected chi connectivity index (χ0v) is 11.7. The molecule has 0 radical (unpaired) electrons. The maximum Gasteiger partial charge on any atom is 0.232 e. The molecule has 1 aromatic heterocycles. The summed E-state index contributed by atoms with van der Waals surface area (Å²) in [4.78, 5) is 4.28. The molecule has 0 saturated heterocycles. The Labute approximate surface area is 118 Å². The van der Waals surface area contributed by atoms with Crippen molar-refractivity contribution < 1.29 is 4.74 Å². The Balaban J connectivity index is 2.09. The Bertz CT molecular complexity index is 659. The van der Waals surface area contributed by atoms with Crippen molar-refractivity contribution in [3.05, 3.63) is 52.7 Å². The first-order valence-corrected chi connectivity index (χ1v) is 6.46. The van der Waals surface area contributed by atoms with Gasteiger partial charge in [-0.25, -0.2) is 4.98 Å². The van der Waals surface area contributed by atoms with Gasteiger partial charge < -0.3 is 10.5 Å². The molecule has 0 fully saturated rings. The number of anilines is 1. The molecule has 102 valence electrons. The number of hydrogen-bond acceptors (Lipinski definition) is 4. The molecular formula is C16H17N3O. The molecular weight excluding hydrogens is 250 g/mol. The van der Waals surface area contributed by atoms with Gasteiger partial charge in [-0.3, -0.25) is 0 Å². The van der Waals surface area contributed by atoms with Gasteiger partial charge in [0.25, 0.3) is 0 Å². The predicted octanol–water partition coefficient (Wildman–Crippen LogP) is 2.77. The number of pyridine rings is 1. The molecule has 20 heavy (non-hydrogen) atoms. The monoisotopic (exact) mass is 267 g/mol. The topological polar surface area (TPSA) is 71.9 Å². The van der Waals surface area contributed by atoms with Gasteiger partial charge in [0, 0.05) is 17.8 Å². The Kier molecular flexibility index (Phi) is 4.21. The molecule has 0 aliphatic carbocycles. The molecule has 2 rings (SSSR count). The van der Waals surface area contributed by atoms with Crippen LogP contribution in [0.3, 0.4) is 0 Å². The first-order chi connectivity index (χ1) is 9.61. The van der Waals surface area contributed by atoms with Crippen molar-refractivity contribution in [3.63, 3.8) is 0 Å². The van der Waals surface area contributed by atoms with Crippen LogP contribution in [0.25, 0.3) is 0 Å². The number of hydrogen-bond donors (Lipinski definition) is 1. The van der Waals surface area contributed by atoms with Gasteiger partial charge >= 0.3 is 0 Å². The van der Waals surface area contributed by atoms with Gasteiger partial charge in [-0.2, -0.15) is 5.26 Å². The summed E-state index contributed by atoms with van der Waals surface area (Å²) >= 11 is 0. The van der Waals surface area contributed by atoms with Crippen molar-refractivity contribution >= 4 is 5.69 Å². The first-order valence-electron chi connectivity index (χ1n) is 6.46. The minimum atomic E-state index is 0.402. The number of nitrogens with two attached hydrogens (primary N) is 1. The molecule has 0 aliphatic rings. The highest BCUT2D eigenvalue weighted by molar-refractivity contribution is 5.47. The van der Waals surface area contributed by atoms with Crippen LogP contribution in [0.4, 0.5) is 5.69 Å². The van der Waals surface area contributed by atoms with Gasteiger partial charge in [-0.15, -0.1) is 0 Å². The second-order valence-electron chi connectivity index (χ2n) is 4.67. The lowest BCUT2D eigenvalue weighted by Crippen LogP contribution is -2.07. The second-order valence-corrected chi connectivity index (χ2v) is 4.67. The minimum Gasteiger partial charge on any atom is -0.476 e. The number of rotatable bonds is 4. The van der Waals surface area contributed by atoms with Crippen molar-refractivity contribution in [2.45, 2.75) is 20.3 Å². The van der Waals surface area contributed by atoms with E-state index < -0.39 is 0 Å². The molecule has 4 heteroatoms. The van der Waals surface area contributed by atoms with Crippen molar-refractivity contribution in [2.75, 3.05) is 12.3 Å². The van der Waals surface area contributed by atoms with Crippen LogP contribution in [-0.4, -0.2) is 11.6 Å². The summed E-state index contributed by atoms with van der Waals surface area (Å²) in [6.07, 6.45) is 0.687. The Morgan fingerprint density at radius 3 is 2.75 bits per heavy atom. The lowest BCUT2D eigenvalue weighted by molar-refractivity contribution is 0.308. The van der Waals surface area contributed by atoms with E-state index in [0.29, 0.717) is 24.5 Å². The van der Waals surface area contributed by atoms with Crippen LogP contribution in [0.1, 0.15) is 22.4 Å². The summed E-state index contributed by atoms with van der Waals surface area (Å²) < 4.78 is 5.66. The number of para-hydroxylation sites is 1. The highest BCUT2D eigenvalue weighted by atomic mass is 16.5. The van der Waals surface area contributed by atoms with Gasteiger partial charge in [0.05, 0.1) is 6.61 Å². The van der Waals surface area contributed by atoms with E-state index in [4.69, 9.17) is 15.7 Å². The number of nitriles is 1. The highest BCUT2D eigenvalue weighted by Crippen LogP contribution is 2.20. The molecule has 0 spiro atoms. The number of nitrogens with zero attached hydrogens (tertiary/aromatic N) is 2. The fourth-order valence-electron chi connectivity index (χ4n) is 2.06.